The molecule has 158 valence electrons. The molecule has 2 aromatic rings. The van der Waals surface area contributed by atoms with Crippen LogP contribution in [-0.4, -0.2) is 63.9 Å². The van der Waals surface area contributed by atoms with Crippen LogP contribution in [0, 0.1) is 12.8 Å². The Morgan fingerprint density at radius 2 is 1.63 bits per heavy atom. The summed E-state index contributed by atoms with van der Waals surface area (Å²) in [6.07, 6.45) is 3.70. The number of aryl methyl sites for hydroxylation is 1. The smallest absolute Gasteiger partial charge is 0.286 e. The van der Waals surface area contributed by atoms with Crippen molar-refractivity contribution >= 4 is 34.7 Å². The van der Waals surface area contributed by atoms with E-state index in [2.05, 4.69) is 15.5 Å². The largest absolute Gasteiger partial charge is 0.342 e. The molecule has 8 nitrogen and oxygen atoms in total. The molecule has 0 radical (unpaired) electrons. The number of benzene rings is 1. The quantitative estimate of drug-likeness (QED) is 0.809. The molecule has 1 atom stereocenters. The summed E-state index contributed by atoms with van der Waals surface area (Å²) >= 11 is 0.979. The van der Waals surface area contributed by atoms with Gasteiger partial charge in [0.1, 0.15) is 0 Å². The normalized spacial score (nSPS) is 19.0. The number of piperidine rings is 1. The number of hydrogen-bond donors (Lipinski definition) is 1. The van der Waals surface area contributed by atoms with E-state index in [-0.39, 0.29) is 27.7 Å². The molecule has 0 aliphatic carbocycles. The molecule has 2 fully saturated rings. The summed E-state index contributed by atoms with van der Waals surface area (Å²) in [5.74, 6) is -0.657. The minimum atomic E-state index is -0.392. The third-order valence-corrected chi connectivity index (χ3v) is 6.50. The van der Waals surface area contributed by atoms with Crippen LogP contribution < -0.4 is 5.32 Å². The van der Waals surface area contributed by atoms with Gasteiger partial charge in [0, 0.05) is 31.9 Å². The zero-order chi connectivity index (χ0) is 21.1. The van der Waals surface area contributed by atoms with Gasteiger partial charge in [-0.3, -0.25) is 14.4 Å². The molecule has 4 rings (SSSR count). The maximum absolute atomic E-state index is 12.9. The summed E-state index contributed by atoms with van der Waals surface area (Å²) in [5, 5.41) is 10.9. The maximum Gasteiger partial charge on any atom is 0.286 e. The molecule has 30 heavy (non-hydrogen) atoms. The molecular formula is C21H25N5O3S. The molecular weight excluding hydrogens is 402 g/mol. The minimum absolute atomic E-state index is 0.139. The highest BCUT2D eigenvalue weighted by Crippen LogP contribution is 2.23. The number of anilines is 1. The van der Waals surface area contributed by atoms with E-state index >= 15 is 0 Å². The van der Waals surface area contributed by atoms with Crippen LogP contribution in [0.1, 0.15) is 50.9 Å². The lowest BCUT2D eigenvalue weighted by atomic mass is 9.96. The topological polar surface area (TPSA) is 95.5 Å². The summed E-state index contributed by atoms with van der Waals surface area (Å²) in [5.41, 5.74) is 1.76. The molecule has 1 aromatic carbocycles. The van der Waals surface area contributed by atoms with Gasteiger partial charge in [-0.15, -0.1) is 10.2 Å². The first-order valence-corrected chi connectivity index (χ1v) is 11.1. The average molecular weight is 428 g/mol. The molecule has 2 aliphatic heterocycles. The Kier molecular flexibility index (Phi) is 6.08. The summed E-state index contributed by atoms with van der Waals surface area (Å²) in [4.78, 5) is 41.6. The van der Waals surface area contributed by atoms with Gasteiger partial charge in [0.25, 0.3) is 11.8 Å². The van der Waals surface area contributed by atoms with Gasteiger partial charge >= 0.3 is 0 Å². The second-order valence-electron chi connectivity index (χ2n) is 7.86. The van der Waals surface area contributed by atoms with Crippen molar-refractivity contribution in [2.75, 3.05) is 31.5 Å². The van der Waals surface area contributed by atoms with E-state index in [1.807, 2.05) is 36.1 Å². The van der Waals surface area contributed by atoms with Crippen molar-refractivity contribution in [3.05, 3.63) is 39.8 Å². The van der Waals surface area contributed by atoms with Crippen LogP contribution in [0.2, 0.25) is 0 Å². The molecule has 0 saturated carbocycles. The van der Waals surface area contributed by atoms with Crippen molar-refractivity contribution < 1.29 is 14.4 Å². The van der Waals surface area contributed by atoms with Gasteiger partial charge in [-0.2, -0.15) is 0 Å². The van der Waals surface area contributed by atoms with Gasteiger partial charge < -0.3 is 15.1 Å². The van der Waals surface area contributed by atoms with E-state index in [1.54, 1.807) is 4.90 Å². The van der Waals surface area contributed by atoms with Crippen molar-refractivity contribution in [2.24, 2.45) is 5.92 Å². The van der Waals surface area contributed by atoms with Crippen LogP contribution in [-0.2, 0) is 4.79 Å². The molecule has 9 heteroatoms. The lowest BCUT2D eigenvalue weighted by Gasteiger charge is -2.33. The molecule has 0 unspecified atom stereocenters. The van der Waals surface area contributed by atoms with Crippen molar-refractivity contribution in [3.63, 3.8) is 0 Å². The Balaban J connectivity index is 1.38. The number of amides is 3. The summed E-state index contributed by atoms with van der Waals surface area (Å²) < 4.78 is 0. The van der Waals surface area contributed by atoms with Crippen LogP contribution in [0.25, 0.3) is 0 Å². The van der Waals surface area contributed by atoms with Crippen LogP contribution in [0.15, 0.2) is 24.3 Å². The monoisotopic (exact) mass is 427 g/mol. The summed E-state index contributed by atoms with van der Waals surface area (Å²) in [6.45, 7) is 4.60. The van der Waals surface area contributed by atoms with Gasteiger partial charge in [-0.25, -0.2) is 0 Å². The summed E-state index contributed by atoms with van der Waals surface area (Å²) in [7, 11) is 0. The standard InChI is InChI=1S/C21H25N5O3S/c1-14-6-8-16(9-7-14)22-17(27)18-23-24-19(30-18)21(29)26-12-4-5-15(13-26)20(28)25-10-2-3-11-25/h6-9,15H,2-5,10-13H2,1H3,(H,22,27)/t15-/m1/s1. The van der Waals surface area contributed by atoms with Crippen LogP contribution in [0.3, 0.4) is 0 Å². The second-order valence-corrected chi connectivity index (χ2v) is 8.83. The molecule has 0 bridgehead atoms. The van der Waals surface area contributed by atoms with Gasteiger partial charge in [0.15, 0.2) is 0 Å². The Bertz CT molecular complexity index is 936. The molecule has 3 heterocycles. The van der Waals surface area contributed by atoms with E-state index < -0.39 is 5.91 Å². The van der Waals surface area contributed by atoms with E-state index in [0.29, 0.717) is 18.8 Å². The van der Waals surface area contributed by atoms with E-state index in [1.165, 1.54) is 0 Å². The molecule has 2 saturated heterocycles. The first-order chi connectivity index (χ1) is 14.5. The number of carbonyl (C=O) groups excluding carboxylic acids is 3. The first-order valence-electron chi connectivity index (χ1n) is 10.3. The highest BCUT2D eigenvalue weighted by atomic mass is 32.1. The van der Waals surface area contributed by atoms with Crippen LogP contribution in [0.4, 0.5) is 5.69 Å². The van der Waals surface area contributed by atoms with Crippen LogP contribution in [0.5, 0.6) is 0 Å². The molecule has 1 aromatic heterocycles. The predicted octanol–water partition coefficient (Wildman–Crippen LogP) is 2.57. The van der Waals surface area contributed by atoms with E-state index in [0.717, 1.165) is 55.7 Å². The fourth-order valence-corrected chi connectivity index (χ4v) is 4.62. The Hall–Kier alpha value is -2.81. The molecule has 1 N–H and O–H groups in total. The van der Waals surface area contributed by atoms with Gasteiger partial charge in [0.05, 0.1) is 5.92 Å². The zero-order valence-corrected chi connectivity index (χ0v) is 17.8. The van der Waals surface area contributed by atoms with Gasteiger partial charge in [-0.05, 0) is 44.7 Å². The van der Waals surface area contributed by atoms with Crippen molar-refractivity contribution in [1.29, 1.82) is 0 Å². The number of aromatic nitrogens is 2. The van der Waals surface area contributed by atoms with Crippen molar-refractivity contribution in [2.45, 2.75) is 32.6 Å². The average Bonchev–Trinajstić information content (AvgIpc) is 3.47. The fourth-order valence-electron chi connectivity index (χ4n) is 3.92. The number of hydrogen-bond acceptors (Lipinski definition) is 6. The van der Waals surface area contributed by atoms with Gasteiger partial charge in [-0.1, -0.05) is 29.0 Å². The Morgan fingerprint density at radius 3 is 2.37 bits per heavy atom. The fraction of sp³-hybridized carbons (Fsp3) is 0.476. The summed E-state index contributed by atoms with van der Waals surface area (Å²) in [6, 6.07) is 7.43. The highest BCUT2D eigenvalue weighted by Gasteiger charge is 2.33. The Morgan fingerprint density at radius 1 is 0.967 bits per heavy atom. The maximum atomic E-state index is 12.9. The number of rotatable bonds is 4. The van der Waals surface area contributed by atoms with E-state index in [9.17, 15) is 14.4 Å². The highest BCUT2D eigenvalue weighted by molar-refractivity contribution is 7.15. The third kappa shape index (κ3) is 4.51. The first kappa shape index (κ1) is 20.5. The number of carbonyl (C=O) groups is 3. The lowest BCUT2D eigenvalue weighted by molar-refractivity contribution is -0.135. The molecule has 3 amide bonds. The molecule has 0 spiro atoms. The SMILES string of the molecule is Cc1ccc(NC(=O)c2nnc(C(=O)N3CCC[C@@H](C(=O)N4CCCC4)C3)s2)cc1. The Labute approximate surface area is 179 Å². The third-order valence-electron chi connectivity index (χ3n) is 5.59. The van der Waals surface area contributed by atoms with Crippen molar-refractivity contribution in [3.8, 4) is 0 Å². The predicted molar refractivity (Wildman–Crippen MR) is 113 cm³/mol. The number of nitrogens with zero attached hydrogens (tertiary/aromatic N) is 4. The molecule has 2 aliphatic rings. The minimum Gasteiger partial charge on any atom is -0.342 e. The lowest BCUT2D eigenvalue weighted by Crippen LogP contribution is -2.46. The zero-order valence-electron chi connectivity index (χ0n) is 17.0. The number of nitrogens with one attached hydrogen (secondary N) is 1. The second kappa shape index (κ2) is 8.91. The van der Waals surface area contributed by atoms with E-state index in [4.69, 9.17) is 0 Å². The van der Waals surface area contributed by atoms with Crippen molar-refractivity contribution in [1.82, 2.24) is 20.0 Å². The van der Waals surface area contributed by atoms with Gasteiger partial charge in [0.2, 0.25) is 15.9 Å². The number of likely N-dealkylation sites (tertiary alicyclic amines) is 2. The van der Waals surface area contributed by atoms with Crippen LogP contribution >= 0.6 is 11.3 Å².